The zero-order valence-electron chi connectivity index (χ0n) is 16.6. The molecule has 4 rings (SSSR count). The number of ether oxygens (including phenoxy) is 1. The van der Waals surface area contributed by atoms with Crippen molar-refractivity contribution in [2.45, 2.75) is 25.5 Å². The molecular weight excluding hydrogens is 447 g/mol. The number of hydrogen-bond acceptors (Lipinski definition) is 6. The molecule has 3 heterocycles. The number of morpholine rings is 1. The molecule has 0 saturated carbocycles. The Hall–Kier alpha value is -2.62. The van der Waals surface area contributed by atoms with E-state index >= 15 is 0 Å². The Balaban J connectivity index is 1.56. The van der Waals surface area contributed by atoms with E-state index in [2.05, 4.69) is 4.98 Å². The van der Waals surface area contributed by atoms with Gasteiger partial charge in [-0.2, -0.15) is 0 Å². The van der Waals surface area contributed by atoms with Gasteiger partial charge in [-0.1, -0.05) is 23.2 Å². The van der Waals surface area contributed by atoms with E-state index in [0.29, 0.717) is 29.6 Å². The van der Waals surface area contributed by atoms with E-state index in [-0.39, 0.29) is 30.8 Å². The molecule has 1 fully saturated rings. The van der Waals surface area contributed by atoms with Gasteiger partial charge >= 0.3 is 5.69 Å². The number of rotatable bonds is 3. The zero-order valence-corrected chi connectivity index (χ0v) is 18.2. The van der Waals surface area contributed by atoms with Crippen LogP contribution in [0.5, 0.6) is 0 Å². The topological polar surface area (TPSA) is 109 Å². The minimum absolute atomic E-state index is 0.119. The normalized spacial score (nSPS) is 21.0. The number of H-pyrrole nitrogens is 1. The summed E-state index contributed by atoms with van der Waals surface area (Å²) in [4.78, 5) is 42.1. The largest absolute Gasteiger partial charge is 0.365 e. The van der Waals surface area contributed by atoms with Crippen molar-refractivity contribution in [2.24, 2.45) is 0 Å². The number of carbonyl (C=O) groups excluding carboxylic acids is 1. The van der Waals surface area contributed by atoms with E-state index < -0.39 is 22.1 Å². The molecule has 1 aromatic carbocycles. The van der Waals surface area contributed by atoms with Crippen molar-refractivity contribution in [1.82, 2.24) is 9.88 Å². The van der Waals surface area contributed by atoms with Gasteiger partial charge in [0.25, 0.3) is 11.3 Å². The lowest BCUT2D eigenvalue weighted by Crippen LogP contribution is -2.53. The van der Waals surface area contributed by atoms with Crippen LogP contribution in [0.1, 0.15) is 24.1 Å². The summed E-state index contributed by atoms with van der Waals surface area (Å²) in [6.45, 7) is 3.07. The highest BCUT2D eigenvalue weighted by Crippen LogP contribution is 2.37. The maximum absolute atomic E-state index is 13.3. The Morgan fingerprint density at radius 3 is 2.81 bits per heavy atom. The third kappa shape index (κ3) is 4.00. The Morgan fingerprint density at radius 2 is 2.06 bits per heavy atom. The molecule has 31 heavy (non-hydrogen) atoms. The molecule has 1 saturated heterocycles. The molecule has 0 spiro atoms. The van der Waals surface area contributed by atoms with Crippen LogP contribution in [0.3, 0.4) is 0 Å². The van der Waals surface area contributed by atoms with Gasteiger partial charge in [0.1, 0.15) is 5.69 Å². The Labute approximate surface area is 187 Å². The summed E-state index contributed by atoms with van der Waals surface area (Å²) in [5.41, 5.74) is 0.795. The fraction of sp³-hybridized carbons (Fsp3) is 0.400. The van der Waals surface area contributed by atoms with E-state index in [1.807, 2.05) is 13.0 Å². The molecule has 0 bridgehead atoms. The van der Waals surface area contributed by atoms with Crippen LogP contribution in [0.15, 0.2) is 29.3 Å². The Kier molecular flexibility index (Phi) is 5.92. The van der Waals surface area contributed by atoms with Crippen molar-refractivity contribution in [1.29, 1.82) is 0 Å². The van der Waals surface area contributed by atoms with Gasteiger partial charge in [0, 0.05) is 29.3 Å². The second-order valence-corrected chi connectivity index (χ2v) is 8.38. The van der Waals surface area contributed by atoms with Crippen molar-refractivity contribution in [2.75, 3.05) is 31.1 Å². The number of fused-ring (bicyclic) bond motifs is 1. The number of nitrogens with zero attached hydrogens (tertiary/aromatic N) is 3. The van der Waals surface area contributed by atoms with Crippen LogP contribution < -0.4 is 10.3 Å². The van der Waals surface area contributed by atoms with Crippen molar-refractivity contribution in [3.8, 4) is 0 Å². The molecule has 164 valence electrons. The molecule has 2 aromatic rings. The lowest BCUT2D eigenvalue weighted by Gasteiger charge is -2.40. The van der Waals surface area contributed by atoms with Gasteiger partial charge < -0.3 is 19.5 Å². The molecule has 1 N–H and O–H groups in total. The highest BCUT2D eigenvalue weighted by atomic mass is 35.5. The molecular formula is C20H20Cl2N4O5. The minimum Gasteiger partial charge on any atom is -0.365 e. The van der Waals surface area contributed by atoms with Crippen LogP contribution in [0.25, 0.3) is 0 Å². The Bertz CT molecular complexity index is 1110. The summed E-state index contributed by atoms with van der Waals surface area (Å²) in [5.74, 6) is -0.212. The smallest absolute Gasteiger partial charge is 0.334 e. The van der Waals surface area contributed by atoms with E-state index in [0.717, 1.165) is 17.3 Å². The lowest BCUT2D eigenvalue weighted by atomic mass is 9.93. The molecule has 2 aliphatic rings. The number of pyridine rings is 1. The van der Waals surface area contributed by atoms with Crippen LogP contribution in [0, 0.1) is 10.1 Å². The van der Waals surface area contributed by atoms with E-state index in [4.69, 9.17) is 27.9 Å². The average molecular weight is 467 g/mol. The molecule has 9 nitrogen and oxygen atoms in total. The molecule has 1 amide bonds. The first-order valence-corrected chi connectivity index (χ1v) is 10.5. The highest BCUT2D eigenvalue weighted by Gasteiger charge is 2.37. The van der Waals surface area contributed by atoms with Crippen LogP contribution >= 0.6 is 23.2 Å². The number of nitrogens with one attached hydrogen (secondary N) is 1. The highest BCUT2D eigenvalue weighted by molar-refractivity contribution is 6.35. The number of aromatic amines is 1. The van der Waals surface area contributed by atoms with E-state index in [1.165, 1.54) is 6.20 Å². The number of amides is 1. The summed E-state index contributed by atoms with van der Waals surface area (Å²) in [6, 6.07) is 3.27. The molecule has 11 heteroatoms. The predicted octanol–water partition coefficient (Wildman–Crippen LogP) is 2.94. The molecule has 0 unspecified atom stereocenters. The Morgan fingerprint density at radius 1 is 1.29 bits per heavy atom. The van der Waals surface area contributed by atoms with Gasteiger partial charge in [-0.15, -0.1) is 0 Å². The maximum Gasteiger partial charge on any atom is 0.334 e. The van der Waals surface area contributed by atoms with Crippen LogP contribution in [0.2, 0.25) is 10.0 Å². The summed E-state index contributed by atoms with van der Waals surface area (Å²) in [5, 5.41) is 12.2. The number of aromatic nitrogens is 1. The lowest BCUT2D eigenvalue weighted by molar-refractivity contribution is -0.386. The number of halogens is 2. The standard InChI is InChI=1S/C20H20Cl2N4O5/c1-11-18-12(6-13(21)7-14(18)22)2-3-25(11)20(28)17-10-24(4-5-31-17)15-8-23-9-16(19(15)27)26(29)30/h6-9,11,17H,2-5,10H2,1H3,(H,23,27)/t11-,17+/m0/s1. The summed E-state index contributed by atoms with van der Waals surface area (Å²) in [6.07, 6.45) is 2.28. The summed E-state index contributed by atoms with van der Waals surface area (Å²) >= 11 is 12.5. The van der Waals surface area contributed by atoms with Crippen LogP contribution in [0.4, 0.5) is 11.4 Å². The fourth-order valence-corrected chi connectivity index (χ4v) is 4.93. The number of hydrogen-bond donors (Lipinski definition) is 1. The van der Waals surface area contributed by atoms with Crippen LogP contribution in [-0.2, 0) is 16.0 Å². The van der Waals surface area contributed by atoms with Gasteiger partial charge in [-0.3, -0.25) is 19.7 Å². The molecule has 0 aliphatic carbocycles. The van der Waals surface area contributed by atoms with Crippen molar-refractivity contribution < 1.29 is 14.5 Å². The number of nitro groups is 1. The minimum atomic E-state index is -0.803. The number of benzene rings is 1. The van der Waals surface area contributed by atoms with Crippen molar-refractivity contribution in [3.63, 3.8) is 0 Å². The average Bonchev–Trinajstić information content (AvgIpc) is 2.73. The predicted molar refractivity (Wildman–Crippen MR) is 116 cm³/mol. The maximum atomic E-state index is 13.3. The first-order valence-electron chi connectivity index (χ1n) is 9.78. The second kappa shape index (κ2) is 8.49. The zero-order chi connectivity index (χ0) is 22.3. The number of anilines is 1. The van der Waals surface area contributed by atoms with Gasteiger partial charge in [-0.05, 0) is 36.6 Å². The fourth-order valence-electron chi connectivity index (χ4n) is 4.24. The number of carbonyl (C=O) groups is 1. The molecule has 1 aromatic heterocycles. The molecule has 2 atom stereocenters. The first-order chi connectivity index (χ1) is 14.8. The van der Waals surface area contributed by atoms with Gasteiger partial charge in [0.15, 0.2) is 6.10 Å². The van der Waals surface area contributed by atoms with Gasteiger partial charge in [0.2, 0.25) is 0 Å². The molecule has 0 radical (unpaired) electrons. The van der Waals surface area contributed by atoms with Crippen molar-refractivity contribution in [3.05, 3.63) is 66.0 Å². The van der Waals surface area contributed by atoms with Gasteiger partial charge in [0.05, 0.1) is 30.3 Å². The molecule has 2 aliphatic heterocycles. The SMILES string of the molecule is C[C@H]1c2c(Cl)cc(Cl)cc2CCN1C(=O)[C@H]1CN(c2c[nH]cc([N+](=O)[O-])c2=O)CCO1. The second-order valence-electron chi connectivity index (χ2n) is 7.54. The summed E-state index contributed by atoms with van der Waals surface area (Å²) < 4.78 is 5.71. The third-order valence-electron chi connectivity index (χ3n) is 5.76. The van der Waals surface area contributed by atoms with E-state index in [9.17, 15) is 19.7 Å². The quantitative estimate of drug-likeness (QED) is 0.549. The first kappa shape index (κ1) is 21.6. The third-order valence-corrected chi connectivity index (χ3v) is 6.29. The van der Waals surface area contributed by atoms with Gasteiger partial charge in [-0.25, -0.2) is 0 Å². The van der Waals surface area contributed by atoms with Crippen LogP contribution in [-0.4, -0.2) is 53.1 Å². The van der Waals surface area contributed by atoms with E-state index in [1.54, 1.807) is 15.9 Å². The summed E-state index contributed by atoms with van der Waals surface area (Å²) in [7, 11) is 0. The monoisotopic (exact) mass is 466 g/mol. The van der Waals surface area contributed by atoms with Crippen molar-refractivity contribution >= 4 is 40.5 Å².